The Morgan fingerprint density at radius 3 is 2.76 bits per heavy atom. The van der Waals surface area contributed by atoms with Crippen LogP contribution in [0.3, 0.4) is 0 Å². The number of carboxylic acid groups (broad SMARTS) is 1. The summed E-state index contributed by atoms with van der Waals surface area (Å²) in [6.07, 6.45) is 3.58. The SMILES string of the molecule is CCOc1ccc(S(=O)(=O)Nc2cn(C)nc2C2CC2)cc1C(=O)O. The van der Waals surface area contributed by atoms with Crippen LogP contribution in [0.2, 0.25) is 0 Å². The van der Waals surface area contributed by atoms with Crippen molar-refractivity contribution in [2.45, 2.75) is 30.6 Å². The number of ether oxygens (including phenoxy) is 1. The van der Waals surface area contributed by atoms with E-state index in [9.17, 15) is 18.3 Å². The van der Waals surface area contributed by atoms with Gasteiger partial charge in [0.25, 0.3) is 10.0 Å². The molecule has 1 aliphatic carbocycles. The fraction of sp³-hybridized carbons (Fsp3) is 0.375. The van der Waals surface area contributed by atoms with Crippen LogP contribution in [0.4, 0.5) is 5.69 Å². The van der Waals surface area contributed by atoms with Crippen LogP contribution in [0.15, 0.2) is 29.3 Å². The highest BCUT2D eigenvalue weighted by Crippen LogP contribution is 2.42. The first kappa shape index (κ1) is 17.3. The molecule has 0 amide bonds. The predicted molar refractivity (Wildman–Crippen MR) is 90.6 cm³/mol. The minimum absolute atomic E-state index is 0.133. The number of benzene rings is 1. The Bertz CT molecular complexity index is 916. The number of rotatable bonds is 7. The molecule has 2 N–H and O–H groups in total. The number of nitrogens with zero attached hydrogens (tertiary/aromatic N) is 2. The van der Waals surface area contributed by atoms with Crippen molar-refractivity contribution in [3.8, 4) is 5.75 Å². The Morgan fingerprint density at radius 1 is 1.44 bits per heavy atom. The van der Waals surface area contributed by atoms with E-state index >= 15 is 0 Å². The Balaban J connectivity index is 1.95. The van der Waals surface area contributed by atoms with E-state index in [0.717, 1.165) is 24.6 Å². The number of aromatic nitrogens is 2. The van der Waals surface area contributed by atoms with Gasteiger partial charge in [-0.15, -0.1) is 0 Å². The molecule has 3 rings (SSSR count). The molecule has 0 radical (unpaired) electrons. The minimum atomic E-state index is -3.94. The average molecular weight is 365 g/mol. The Kier molecular flexibility index (Phi) is 4.42. The molecule has 1 aromatic heterocycles. The molecule has 0 saturated heterocycles. The molecular weight excluding hydrogens is 346 g/mol. The molecule has 1 saturated carbocycles. The number of aromatic carboxylic acids is 1. The highest BCUT2D eigenvalue weighted by molar-refractivity contribution is 7.92. The van der Waals surface area contributed by atoms with Gasteiger partial charge in [-0.1, -0.05) is 0 Å². The maximum atomic E-state index is 12.7. The molecule has 1 heterocycles. The summed E-state index contributed by atoms with van der Waals surface area (Å²) in [6, 6.07) is 3.78. The van der Waals surface area contributed by atoms with Crippen LogP contribution in [0, 0.1) is 0 Å². The second-order valence-corrected chi connectivity index (χ2v) is 7.56. The number of carbonyl (C=O) groups is 1. The molecule has 0 aliphatic heterocycles. The van der Waals surface area contributed by atoms with E-state index in [2.05, 4.69) is 9.82 Å². The van der Waals surface area contributed by atoms with Crippen molar-refractivity contribution in [3.63, 3.8) is 0 Å². The van der Waals surface area contributed by atoms with Crippen LogP contribution in [0.1, 0.15) is 41.7 Å². The van der Waals surface area contributed by atoms with Crippen molar-refractivity contribution in [3.05, 3.63) is 35.7 Å². The van der Waals surface area contributed by atoms with Crippen LogP contribution in [0.25, 0.3) is 0 Å². The first-order valence-electron chi connectivity index (χ1n) is 7.88. The number of sulfonamides is 1. The number of anilines is 1. The summed E-state index contributed by atoms with van der Waals surface area (Å²) in [6.45, 7) is 2.00. The summed E-state index contributed by atoms with van der Waals surface area (Å²) in [4.78, 5) is 11.2. The molecule has 0 bridgehead atoms. The summed E-state index contributed by atoms with van der Waals surface area (Å²) in [5.74, 6) is -0.844. The van der Waals surface area contributed by atoms with E-state index in [4.69, 9.17) is 4.74 Å². The number of carboxylic acids is 1. The van der Waals surface area contributed by atoms with Crippen LogP contribution < -0.4 is 9.46 Å². The van der Waals surface area contributed by atoms with Gasteiger partial charge < -0.3 is 9.84 Å². The number of nitrogens with one attached hydrogen (secondary N) is 1. The molecule has 2 aromatic rings. The third kappa shape index (κ3) is 3.60. The highest BCUT2D eigenvalue weighted by atomic mass is 32.2. The molecule has 9 heteroatoms. The number of hydrogen-bond acceptors (Lipinski definition) is 5. The topological polar surface area (TPSA) is 111 Å². The van der Waals surface area contributed by atoms with E-state index in [1.807, 2.05) is 0 Å². The highest BCUT2D eigenvalue weighted by Gasteiger charge is 2.31. The van der Waals surface area contributed by atoms with Gasteiger partial charge in [0.05, 0.1) is 22.9 Å². The molecule has 0 unspecified atom stereocenters. The largest absolute Gasteiger partial charge is 0.493 e. The quantitative estimate of drug-likeness (QED) is 0.778. The van der Waals surface area contributed by atoms with Gasteiger partial charge in [0.2, 0.25) is 0 Å². The summed E-state index contributed by atoms with van der Waals surface area (Å²) in [7, 11) is -2.21. The standard InChI is InChI=1S/C16H19N3O5S/c1-3-24-14-7-6-11(8-12(14)16(20)21)25(22,23)18-13-9-19(2)17-15(13)10-4-5-10/h6-10,18H,3-5H2,1-2H3,(H,20,21). The maximum absolute atomic E-state index is 12.7. The normalized spacial score (nSPS) is 14.3. The smallest absolute Gasteiger partial charge is 0.339 e. The Labute approximate surface area is 145 Å². The van der Waals surface area contributed by atoms with Crippen molar-refractivity contribution >= 4 is 21.7 Å². The lowest BCUT2D eigenvalue weighted by Crippen LogP contribution is -2.15. The zero-order valence-corrected chi connectivity index (χ0v) is 14.7. The van der Waals surface area contributed by atoms with Gasteiger partial charge in [0, 0.05) is 19.2 Å². The lowest BCUT2D eigenvalue weighted by Gasteiger charge is -2.11. The average Bonchev–Trinajstić information content (AvgIpc) is 3.31. The van der Waals surface area contributed by atoms with Gasteiger partial charge in [-0.25, -0.2) is 13.2 Å². The zero-order valence-electron chi connectivity index (χ0n) is 13.9. The monoisotopic (exact) mass is 365 g/mol. The van der Waals surface area contributed by atoms with Gasteiger partial charge in [0.1, 0.15) is 11.3 Å². The first-order valence-corrected chi connectivity index (χ1v) is 9.36. The lowest BCUT2D eigenvalue weighted by molar-refractivity contribution is 0.0692. The van der Waals surface area contributed by atoms with Crippen molar-refractivity contribution in [2.75, 3.05) is 11.3 Å². The van der Waals surface area contributed by atoms with Crippen LogP contribution in [-0.2, 0) is 17.1 Å². The van der Waals surface area contributed by atoms with Crippen molar-refractivity contribution < 1.29 is 23.1 Å². The Morgan fingerprint density at radius 2 is 2.16 bits per heavy atom. The van der Waals surface area contributed by atoms with Gasteiger partial charge >= 0.3 is 5.97 Å². The lowest BCUT2D eigenvalue weighted by atomic mass is 10.2. The van der Waals surface area contributed by atoms with E-state index in [-0.39, 0.29) is 28.7 Å². The molecule has 1 aromatic carbocycles. The fourth-order valence-electron chi connectivity index (χ4n) is 2.57. The predicted octanol–water partition coefficient (Wildman–Crippen LogP) is 2.20. The van der Waals surface area contributed by atoms with Crippen molar-refractivity contribution in [1.82, 2.24) is 9.78 Å². The molecule has 0 spiro atoms. The molecule has 134 valence electrons. The summed E-state index contributed by atoms with van der Waals surface area (Å²) in [5.41, 5.74) is 0.949. The summed E-state index contributed by atoms with van der Waals surface area (Å²) in [5, 5.41) is 13.6. The molecular formula is C16H19N3O5S. The molecule has 0 atom stereocenters. The fourth-order valence-corrected chi connectivity index (χ4v) is 3.66. The zero-order chi connectivity index (χ0) is 18.2. The Hall–Kier alpha value is -2.55. The molecule has 8 nitrogen and oxygen atoms in total. The molecule has 1 aliphatic rings. The van der Waals surface area contributed by atoms with E-state index in [0.29, 0.717) is 5.69 Å². The van der Waals surface area contributed by atoms with E-state index in [1.165, 1.54) is 12.1 Å². The van der Waals surface area contributed by atoms with Crippen molar-refractivity contribution in [1.29, 1.82) is 0 Å². The third-order valence-electron chi connectivity index (χ3n) is 3.86. The van der Waals surface area contributed by atoms with Gasteiger partial charge in [-0.3, -0.25) is 9.40 Å². The first-order chi connectivity index (χ1) is 11.8. The van der Waals surface area contributed by atoms with Gasteiger partial charge in [-0.2, -0.15) is 5.10 Å². The summed E-state index contributed by atoms with van der Waals surface area (Å²) >= 11 is 0. The summed E-state index contributed by atoms with van der Waals surface area (Å²) < 4.78 is 34.7. The van der Waals surface area contributed by atoms with E-state index in [1.54, 1.807) is 24.9 Å². The van der Waals surface area contributed by atoms with Crippen molar-refractivity contribution in [2.24, 2.45) is 7.05 Å². The van der Waals surface area contributed by atoms with Crippen LogP contribution in [-0.4, -0.2) is 35.9 Å². The van der Waals surface area contributed by atoms with Crippen LogP contribution in [0.5, 0.6) is 5.75 Å². The number of hydrogen-bond donors (Lipinski definition) is 2. The van der Waals surface area contributed by atoms with Gasteiger partial charge in [-0.05, 0) is 38.0 Å². The van der Waals surface area contributed by atoms with Crippen LogP contribution >= 0.6 is 0 Å². The second-order valence-electron chi connectivity index (χ2n) is 5.88. The van der Waals surface area contributed by atoms with Gasteiger partial charge in [0.15, 0.2) is 0 Å². The third-order valence-corrected chi connectivity index (χ3v) is 5.22. The number of aryl methyl sites for hydroxylation is 1. The molecule has 1 fully saturated rings. The molecule has 25 heavy (non-hydrogen) atoms. The second kappa shape index (κ2) is 6.40. The minimum Gasteiger partial charge on any atom is -0.493 e. The maximum Gasteiger partial charge on any atom is 0.339 e. The van der Waals surface area contributed by atoms with E-state index < -0.39 is 16.0 Å².